The smallest absolute Gasteiger partial charge is 0.274 e. The zero-order valence-electron chi connectivity index (χ0n) is 11.3. The summed E-state index contributed by atoms with van der Waals surface area (Å²) in [5.41, 5.74) is 1.93. The van der Waals surface area contributed by atoms with Crippen molar-refractivity contribution in [2.45, 2.75) is 20.0 Å². The van der Waals surface area contributed by atoms with E-state index >= 15 is 0 Å². The SMILES string of the molecule is Cc1cccc(O[Si](C)C)c1N=Cc1ncccn1. The third-order valence-corrected chi connectivity index (χ3v) is 3.04. The van der Waals surface area contributed by atoms with Crippen LogP contribution in [-0.2, 0) is 0 Å². The van der Waals surface area contributed by atoms with Crippen LogP contribution in [-0.4, -0.2) is 25.2 Å². The normalized spacial score (nSPS) is 11.2. The van der Waals surface area contributed by atoms with Gasteiger partial charge in [-0.05, 0) is 37.7 Å². The number of rotatable bonds is 4. The Morgan fingerprint density at radius 2 is 1.89 bits per heavy atom. The highest BCUT2D eigenvalue weighted by Gasteiger charge is 2.08. The summed E-state index contributed by atoms with van der Waals surface area (Å²) >= 11 is 0. The van der Waals surface area contributed by atoms with Crippen molar-refractivity contribution in [3.8, 4) is 5.75 Å². The molecule has 0 aliphatic heterocycles. The largest absolute Gasteiger partial charge is 0.541 e. The first-order valence-corrected chi connectivity index (χ1v) is 8.46. The maximum absolute atomic E-state index is 5.86. The summed E-state index contributed by atoms with van der Waals surface area (Å²) in [5, 5.41) is 0. The molecule has 0 unspecified atom stereocenters. The highest BCUT2D eigenvalue weighted by molar-refractivity contribution is 6.49. The molecule has 97 valence electrons. The molecule has 0 saturated carbocycles. The highest BCUT2D eigenvalue weighted by atomic mass is 28.3. The Labute approximate surface area is 114 Å². The summed E-state index contributed by atoms with van der Waals surface area (Å²) in [7, 11) is -0.813. The predicted molar refractivity (Wildman–Crippen MR) is 78.6 cm³/mol. The van der Waals surface area contributed by atoms with Crippen LogP contribution >= 0.6 is 0 Å². The van der Waals surface area contributed by atoms with E-state index < -0.39 is 9.04 Å². The van der Waals surface area contributed by atoms with Gasteiger partial charge in [-0.2, -0.15) is 0 Å². The molecule has 4 nitrogen and oxygen atoms in total. The number of aryl methyl sites for hydroxylation is 1. The van der Waals surface area contributed by atoms with Gasteiger partial charge in [0.15, 0.2) is 5.82 Å². The fraction of sp³-hybridized carbons (Fsp3) is 0.214. The average molecular weight is 270 g/mol. The van der Waals surface area contributed by atoms with Crippen molar-refractivity contribution in [3.63, 3.8) is 0 Å². The second-order valence-electron chi connectivity index (χ2n) is 4.30. The maximum atomic E-state index is 5.86. The average Bonchev–Trinajstić information content (AvgIpc) is 2.38. The van der Waals surface area contributed by atoms with Crippen LogP contribution in [0.5, 0.6) is 5.75 Å². The van der Waals surface area contributed by atoms with E-state index in [1.807, 2.05) is 25.1 Å². The first-order chi connectivity index (χ1) is 9.16. The van der Waals surface area contributed by atoms with Crippen LogP contribution in [0.25, 0.3) is 0 Å². The molecular weight excluding hydrogens is 254 g/mol. The minimum atomic E-state index is -0.813. The molecule has 5 heteroatoms. The fourth-order valence-electron chi connectivity index (χ4n) is 1.60. The van der Waals surface area contributed by atoms with Crippen LogP contribution in [0, 0.1) is 6.92 Å². The van der Waals surface area contributed by atoms with Crippen LogP contribution in [0.3, 0.4) is 0 Å². The van der Waals surface area contributed by atoms with Crippen molar-refractivity contribution >= 4 is 20.9 Å². The molecule has 0 N–H and O–H groups in total. The van der Waals surface area contributed by atoms with Crippen LogP contribution in [0.2, 0.25) is 13.1 Å². The number of hydrogen-bond acceptors (Lipinski definition) is 4. The fourth-order valence-corrected chi connectivity index (χ4v) is 2.20. The molecule has 0 spiro atoms. The minimum Gasteiger partial charge on any atom is -0.541 e. The Hall–Kier alpha value is -2.01. The second kappa shape index (κ2) is 6.24. The zero-order chi connectivity index (χ0) is 13.7. The van der Waals surface area contributed by atoms with Gasteiger partial charge in [-0.3, -0.25) is 0 Å². The molecule has 0 fully saturated rings. The van der Waals surface area contributed by atoms with Gasteiger partial charge in [0.1, 0.15) is 11.4 Å². The number of benzene rings is 1. The van der Waals surface area contributed by atoms with Crippen molar-refractivity contribution in [2.75, 3.05) is 0 Å². The monoisotopic (exact) mass is 270 g/mol. The van der Waals surface area contributed by atoms with Gasteiger partial charge in [-0.15, -0.1) is 0 Å². The molecule has 0 bridgehead atoms. The Balaban J connectivity index is 2.31. The van der Waals surface area contributed by atoms with E-state index in [1.165, 1.54) is 0 Å². The molecule has 0 amide bonds. The van der Waals surface area contributed by atoms with E-state index in [-0.39, 0.29) is 0 Å². The van der Waals surface area contributed by atoms with Crippen molar-refractivity contribution in [2.24, 2.45) is 4.99 Å². The predicted octanol–water partition coefficient (Wildman–Crippen LogP) is 3.17. The van der Waals surface area contributed by atoms with Gasteiger partial charge in [-0.25, -0.2) is 15.0 Å². The minimum absolute atomic E-state index is 0.593. The Morgan fingerprint density at radius 1 is 1.16 bits per heavy atom. The number of aliphatic imine (C=N–C) groups is 1. The Bertz CT molecular complexity index is 570. The van der Waals surface area contributed by atoms with E-state index in [2.05, 4.69) is 28.1 Å². The molecule has 1 aromatic heterocycles. The number of nitrogens with zero attached hydrogens (tertiary/aromatic N) is 3. The lowest BCUT2D eigenvalue weighted by Crippen LogP contribution is -2.11. The summed E-state index contributed by atoms with van der Waals surface area (Å²) in [5.74, 6) is 1.42. The molecule has 1 heterocycles. The van der Waals surface area contributed by atoms with Gasteiger partial charge >= 0.3 is 0 Å². The van der Waals surface area contributed by atoms with Crippen molar-refractivity contribution in [1.82, 2.24) is 9.97 Å². The Kier molecular flexibility index (Phi) is 4.41. The number of para-hydroxylation sites is 1. The first-order valence-electron chi connectivity index (χ1n) is 6.05. The first kappa shape index (κ1) is 13.4. The lowest BCUT2D eigenvalue weighted by Gasteiger charge is -2.12. The van der Waals surface area contributed by atoms with Gasteiger partial charge in [0.05, 0.1) is 6.21 Å². The lowest BCUT2D eigenvalue weighted by molar-refractivity contribution is 0.581. The van der Waals surface area contributed by atoms with Crippen molar-refractivity contribution in [1.29, 1.82) is 0 Å². The molecule has 0 saturated heterocycles. The Morgan fingerprint density at radius 3 is 2.58 bits per heavy atom. The van der Waals surface area contributed by atoms with Gasteiger partial charge in [0, 0.05) is 12.4 Å². The van der Waals surface area contributed by atoms with Crippen LogP contribution in [0.15, 0.2) is 41.7 Å². The third kappa shape index (κ3) is 3.72. The van der Waals surface area contributed by atoms with Gasteiger partial charge < -0.3 is 4.43 Å². The molecule has 0 atom stereocenters. The van der Waals surface area contributed by atoms with Crippen LogP contribution < -0.4 is 4.43 Å². The van der Waals surface area contributed by atoms with Gasteiger partial charge in [0.2, 0.25) is 0 Å². The zero-order valence-corrected chi connectivity index (χ0v) is 12.3. The molecule has 2 aromatic rings. The van der Waals surface area contributed by atoms with E-state index in [0.29, 0.717) is 5.82 Å². The van der Waals surface area contributed by atoms with E-state index in [0.717, 1.165) is 17.0 Å². The third-order valence-electron chi connectivity index (χ3n) is 2.41. The second-order valence-corrected chi connectivity index (χ2v) is 6.32. The molecule has 19 heavy (non-hydrogen) atoms. The van der Waals surface area contributed by atoms with Crippen molar-refractivity contribution < 1.29 is 4.43 Å². The standard InChI is InChI=1S/C14H16N3OSi/c1-11-6-4-7-12(18-19(2)3)14(11)17-10-13-15-8-5-9-16-13/h4-10H,1-3H3. The van der Waals surface area contributed by atoms with Crippen molar-refractivity contribution in [3.05, 3.63) is 48.0 Å². The summed E-state index contributed by atoms with van der Waals surface area (Å²) < 4.78 is 5.86. The molecule has 1 aromatic carbocycles. The van der Waals surface area contributed by atoms with Gasteiger partial charge in [0.25, 0.3) is 9.04 Å². The molecule has 0 aliphatic rings. The highest BCUT2D eigenvalue weighted by Crippen LogP contribution is 2.31. The summed E-state index contributed by atoms with van der Waals surface area (Å²) in [6, 6.07) is 7.72. The van der Waals surface area contributed by atoms with Gasteiger partial charge in [-0.1, -0.05) is 12.1 Å². The van der Waals surface area contributed by atoms with Crippen LogP contribution in [0.4, 0.5) is 5.69 Å². The summed E-state index contributed by atoms with van der Waals surface area (Å²) in [4.78, 5) is 12.7. The van der Waals surface area contributed by atoms with Crippen LogP contribution in [0.1, 0.15) is 11.4 Å². The van der Waals surface area contributed by atoms with E-state index in [1.54, 1.807) is 24.7 Å². The summed E-state index contributed by atoms with van der Waals surface area (Å²) in [6.45, 7) is 6.21. The molecular formula is C14H16N3OSi. The molecule has 2 rings (SSSR count). The number of hydrogen-bond donors (Lipinski definition) is 0. The quantitative estimate of drug-likeness (QED) is 0.633. The topological polar surface area (TPSA) is 47.4 Å². The lowest BCUT2D eigenvalue weighted by atomic mass is 10.2. The molecule has 0 aliphatic carbocycles. The number of aromatic nitrogens is 2. The van der Waals surface area contributed by atoms with E-state index in [9.17, 15) is 0 Å². The molecule has 1 radical (unpaired) electrons. The summed E-state index contributed by atoms with van der Waals surface area (Å²) in [6.07, 6.45) is 5.05. The maximum Gasteiger partial charge on any atom is 0.274 e. The van der Waals surface area contributed by atoms with E-state index in [4.69, 9.17) is 4.43 Å².